The topological polar surface area (TPSA) is 64.5 Å². The molecule has 1 aromatic heterocycles. The van der Waals surface area contributed by atoms with Gasteiger partial charge < -0.3 is 15.3 Å². The van der Waals surface area contributed by atoms with Gasteiger partial charge in [0.2, 0.25) is 5.95 Å². The van der Waals surface area contributed by atoms with Crippen molar-refractivity contribution in [3.63, 3.8) is 0 Å². The highest BCUT2D eigenvalue weighted by molar-refractivity contribution is 5.44. The van der Waals surface area contributed by atoms with Crippen LogP contribution < -0.4 is 10.2 Å². The summed E-state index contributed by atoms with van der Waals surface area (Å²) in [5.74, 6) is 1.71. The van der Waals surface area contributed by atoms with Crippen LogP contribution in [0, 0.1) is 6.92 Å². The molecule has 6 nitrogen and oxygen atoms in total. The Kier molecular flexibility index (Phi) is 5.55. The predicted octanol–water partition coefficient (Wildman–Crippen LogP) is 0.721. The Balaban J connectivity index is 2.07. The minimum Gasteiger partial charge on any atom is -0.395 e. The van der Waals surface area contributed by atoms with Crippen LogP contribution in [0.3, 0.4) is 0 Å². The molecule has 2 N–H and O–H groups in total. The molecular weight excluding hydrogens is 254 g/mol. The number of hydrogen-bond donors (Lipinski definition) is 2. The maximum Gasteiger partial charge on any atom is 0.224 e. The third-order valence-corrected chi connectivity index (χ3v) is 3.50. The molecule has 1 saturated heterocycles. The zero-order valence-electron chi connectivity index (χ0n) is 12.5. The Morgan fingerprint density at radius 2 is 2.10 bits per heavy atom. The Morgan fingerprint density at radius 3 is 2.85 bits per heavy atom. The molecular formula is C14H25N5O. The summed E-state index contributed by atoms with van der Waals surface area (Å²) in [7, 11) is 0. The maximum absolute atomic E-state index is 9.04. The van der Waals surface area contributed by atoms with Crippen molar-refractivity contribution in [3.8, 4) is 0 Å². The van der Waals surface area contributed by atoms with Gasteiger partial charge in [-0.3, -0.25) is 4.90 Å². The Morgan fingerprint density at radius 1 is 1.25 bits per heavy atom. The standard InChI is InChI=1S/C14H25N5O/c1-3-15-14-16-12(2)11-13(17-14)19-6-4-5-18(7-8-19)9-10-20/h11,20H,3-10H2,1-2H3,(H,15,16,17). The SMILES string of the molecule is CCNc1nc(C)cc(N2CCCN(CCO)CC2)n1. The van der Waals surface area contributed by atoms with Crippen molar-refractivity contribution in [1.82, 2.24) is 14.9 Å². The number of nitrogens with one attached hydrogen (secondary N) is 1. The van der Waals surface area contributed by atoms with E-state index in [0.717, 1.165) is 57.2 Å². The van der Waals surface area contributed by atoms with Gasteiger partial charge in [-0.2, -0.15) is 4.98 Å². The highest BCUT2D eigenvalue weighted by Gasteiger charge is 2.16. The van der Waals surface area contributed by atoms with Crippen LogP contribution in [0.15, 0.2) is 6.07 Å². The van der Waals surface area contributed by atoms with E-state index in [1.54, 1.807) is 0 Å². The van der Waals surface area contributed by atoms with Gasteiger partial charge in [0.05, 0.1) is 6.61 Å². The van der Waals surface area contributed by atoms with Crippen LogP contribution in [-0.4, -0.2) is 65.8 Å². The second kappa shape index (κ2) is 7.40. The second-order valence-corrected chi connectivity index (χ2v) is 5.13. The molecule has 0 unspecified atom stereocenters. The summed E-state index contributed by atoms with van der Waals surface area (Å²) < 4.78 is 0. The Bertz CT molecular complexity index is 426. The molecule has 6 heteroatoms. The number of aliphatic hydroxyl groups excluding tert-OH is 1. The van der Waals surface area contributed by atoms with E-state index in [-0.39, 0.29) is 6.61 Å². The summed E-state index contributed by atoms with van der Waals surface area (Å²) in [6.45, 7) is 9.84. The molecule has 1 aliphatic heterocycles. The summed E-state index contributed by atoms with van der Waals surface area (Å²) in [5, 5.41) is 12.2. The molecule has 112 valence electrons. The van der Waals surface area contributed by atoms with Crippen molar-refractivity contribution in [2.75, 3.05) is 56.1 Å². The Hall–Kier alpha value is -1.40. The third kappa shape index (κ3) is 4.05. The summed E-state index contributed by atoms with van der Waals surface area (Å²) in [5.41, 5.74) is 0.988. The molecule has 0 radical (unpaired) electrons. The molecule has 2 rings (SSSR count). The van der Waals surface area contributed by atoms with Gasteiger partial charge in [0.15, 0.2) is 0 Å². The van der Waals surface area contributed by atoms with E-state index in [1.807, 2.05) is 19.9 Å². The Labute approximate surface area is 120 Å². The highest BCUT2D eigenvalue weighted by atomic mass is 16.3. The molecule has 1 aliphatic rings. The van der Waals surface area contributed by atoms with E-state index < -0.39 is 0 Å². The second-order valence-electron chi connectivity index (χ2n) is 5.13. The molecule has 0 spiro atoms. The molecule has 0 amide bonds. The van der Waals surface area contributed by atoms with Crippen LogP contribution in [0.2, 0.25) is 0 Å². The summed E-state index contributed by atoms with van der Waals surface area (Å²) >= 11 is 0. The van der Waals surface area contributed by atoms with Crippen LogP contribution >= 0.6 is 0 Å². The van der Waals surface area contributed by atoms with Crippen molar-refractivity contribution in [1.29, 1.82) is 0 Å². The van der Waals surface area contributed by atoms with E-state index in [1.165, 1.54) is 0 Å². The lowest BCUT2D eigenvalue weighted by atomic mass is 10.3. The number of aliphatic hydroxyl groups is 1. The van der Waals surface area contributed by atoms with Gasteiger partial charge in [-0.15, -0.1) is 0 Å². The van der Waals surface area contributed by atoms with Crippen LogP contribution in [0.5, 0.6) is 0 Å². The fourth-order valence-corrected chi connectivity index (χ4v) is 2.52. The van der Waals surface area contributed by atoms with Crippen molar-refractivity contribution in [3.05, 3.63) is 11.8 Å². The number of anilines is 2. The van der Waals surface area contributed by atoms with E-state index in [0.29, 0.717) is 5.95 Å². The number of nitrogens with zero attached hydrogens (tertiary/aromatic N) is 4. The van der Waals surface area contributed by atoms with Crippen molar-refractivity contribution >= 4 is 11.8 Å². The van der Waals surface area contributed by atoms with Crippen LogP contribution in [0.4, 0.5) is 11.8 Å². The lowest BCUT2D eigenvalue weighted by Gasteiger charge is -2.23. The number of β-amino-alcohol motifs (C(OH)–C–C–N with tert-alkyl or cyclic N) is 1. The van der Waals surface area contributed by atoms with Gasteiger partial charge in [-0.05, 0) is 26.8 Å². The minimum absolute atomic E-state index is 0.233. The molecule has 0 aliphatic carbocycles. The van der Waals surface area contributed by atoms with Gasteiger partial charge in [0.1, 0.15) is 5.82 Å². The van der Waals surface area contributed by atoms with Crippen molar-refractivity contribution < 1.29 is 5.11 Å². The van der Waals surface area contributed by atoms with E-state index in [9.17, 15) is 0 Å². The molecule has 0 atom stereocenters. The smallest absolute Gasteiger partial charge is 0.224 e. The van der Waals surface area contributed by atoms with E-state index in [2.05, 4.69) is 25.1 Å². The zero-order chi connectivity index (χ0) is 14.4. The average Bonchev–Trinajstić information content (AvgIpc) is 2.65. The van der Waals surface area contributed by atoms with Crippen LogP contribution in [0.25, 0.3) is 0 Å². The summed E-state index contributed by atoms with van der Waals surface area (Å²) in [6, 6.07) is 2.04. The molecule has 2 heterocycles. The maximum atomic E-state index is 9.04. The summed E-state index contributed by atoms with van der Waals surface area (Å²) in [6.07, 6.45) is 1.10. The molecule has 0 bridgehead atoms. The average molecular weight is 279 g/mol. The fraction of sp³-hybridized carbons (Fsp3) is 0.714. The number of aromatic nitrogens is 2. The monoisotopic (exact) mass is 279 g/mol. The number of hydrogen-bond acceptors (Lipinski definition) is 6. The van der Waals surface area contributed by atoms with Gasteiger partial charge in [0, 0.05) is 44.5 Å². The van der Waals surface area contributed by atoms with Gasteiger partial charge >= 0.3 is 0 Å². The number of aryl methyl sites for hydroxylation is 1. The fourth-order valence-electron chi connectivity index (χ4n) is 2.52. The molecule has 1 fully saturated rings. The first kappa shape index (κ1) is 15.0. The first-order valence-electron chi connectivity index (χ1n) is 7.40. The first-order chi connectivity index (χ1) is 9.72. The minimum atomic E-state index is 0.233. The largest absolute Gasteiger partial charge is 0.395 e. The normalized spacial score (nSPS) is 17.1. The van der Waals surface area contributed by atoms with Crippen molar-refractivity contribution in [2.45, 2.75) is 20.3 Å². The zero-order valence-corrected chi connectivity index (χ0v) is 12.5. The molecule has 0 aromatic carbocycles. The van der Waals surface area contributed by atoms with E-state index in [4.69, 9.17) is 5.11 Å². The molecule has 20 heavy (non-hydrogen) atoms. The van der Waals surface area contributed by atoms with Crippen LogP contribution in [-0.2, 0) is 0 Å². The van der Waals surface area contributed by atoms with Gasteiger partial charge in [-0.25, -0.2) is 4.98 Å². The van der Waals surface area contributed by atoms with Crippen LogP contribution in [0.1, 0.15) is 19.0 Å². The lowest BCUT2D eigenvalue weighted by Crippen LogP contribution is -2.32. The molecule has 0 saturated carbocycles. The number of rotatable bonds is 5. The third-order valence-electron chi connectivity index (χ3n) is 3.50. The predicted molar refractivity (Wildman–Crippen MR) is 81.3 cm³/mol. The van der Waals surface area contributed by atoms with E-state index >= 15 is 0 Å². The van der Waals surface area contributed by atoms with Crippen molar-refractivity contribution in [2.24, 2.45) is 0 Å². The van der Waals surface area contributed by atoms with Gasteiger partial charge in [-0.1, -0.05) is 0 Å². The molecule has 1 aromatic rings. The quantitative estimate of drug-likeness (QED) is 0.828. The lowest BCUT2D eigenvalue weighted by molar-refractivity contribution is 0.204. The highest BCUT2D eigenvalue weighted by Crippen LogP contribution is 2.17. The van der Waals surface area contributed by atoms with Gasteiger partial charge in [0.25, 0.3) is 0 Å². The summed E-state index contributed by atoms with van der Waals surface area (Å²) in [4.78, 5) is 13.6. The first-order valence-corrected chi connectivity index (χ1v) is 7.40.